The molecule has 0 atom stereocenters. The van der Waals surface area contributed by atoms with Crippen molar-refractivity contribution in [2.75, 3.05) is 0 Å². The highest BCUT2D eigenvalue weighted by molar-refractivity contribution is 5.87. The number of hydroxylamine groups is 1. The predicted molar refractivity (Wildman–Crippen MR) is 68.1 cm³/mol. The van der Waals surface area contributed by atoms with Crippen LogP contribution in [0.15, 0.2) is 0 Å². The molecule has 0 fully saturated rings. The van der Waals surface area contributed by atoms with Crippen molar-refractivity contribution in [2.24, 2.45) is 0 Å². The fourth-order valence-electron chi connectivity index (χ4n) is 0.619. The Kier molecular flexibility index (Phi) is 6.70. The maximum Gasteiger partial charge on any atom is 0.436 e. The first-order valence-corrected chi connectivity index (χ1v) is 5.72. The molecular formula is C10H23N5O4. The zero-order valence-corrected chi connectivity index (χ0v) is 12.1. The molecule has 2 amide bonds. The highest BCUT2D eigenvalue weighted by Crippen LogP contribution is 1.97. The van der Waals surface area contributed by atoms with Crippen LogP contribution in [-0.4, -0.2) is 23.3 Å². The van der Waals surface area contributed by atoms with Gasteiger partial charge in [0.1, 0.15) is 0 Å². The second-order valence-electron chi connectivity index (χ2n) is 5.86. The van der Waals surface area contributed by atoms with Crippen molar-refractivity contribution in [3.8, 4) is 0 Å². The molecule has 0 aliphatic rings. The van der Waals surface area contributed by atoms with Gasteiger partial charge in [0, 0.05) is 11.1 Å². The Morgan fingerprint density at radius 3 is 1.84 bits per heavy atom. The van der Waals surface area contributed by atoms with Crippen molar-refractivity contribution in [3.05, 3.63) is 0 Å². The number of carbonyl (C=O) groups is 2. The number of amides is 2. The third-order valence-electron chi connectivity index (χ3n) is 1.29. The number of hydrogen-bond donors (Lipinski definition) is 5. The molecule has 0 unspecified atom stereocenters. The maximum absolute atomic E-state index is 11.1. The van der Waals surface area contributed by atoms with Gasteiger partial charge in [0.15, 0.2) is 0 Å². The summed E-state index contributed by atoms with van der Waals surface area (Å²) in [7, 11) is 0. The lowest BCUT2D eigenvalue weighted by Gasteiger charge is -2.21. The number of nitrogens with one attached hydrogen (secondary N) is 5. The smallest absolute Gasteiger partial charge is 0.353 e. The van der Waals surface area contributed by atoms with Gasteiger partial charge in [-0.05, 0) is 41.5 Å². The fourth-order valence-corrected chi connectivity index (χ4v) is 0.619. The first-order chi connectivity index (χ1) is 8.49. The first kappa shape index (κ1) is 17.6. The summed E-state index contributed by atoms with van der Waals surface area (Å²) < 4.78 is 0. The van der Waals surface area contributed by atoms with E-state index in [1.54, 1.807) is 20.8 Å². The minimum absolute atomic E-state index is 0.220. The van der Waals surface area contributed by atoms with E-state index in [0.29, 0.717) is 0 Å². The Balaban J connectivity index is 3.72. The lowest BCUT2D eigenvalue weighted by Crippen LogP contribution is -2.53. The van der Waals surface area contributed by atoms with Crippen LogP contribution in [0.25, 0.3) is 0 Å². The lowest BCUT2D eigenvalue weighted by atomic mass is 10.1. The fraction of sp³-hybridized carbons (Fsp3) is 0.800. The van der Waals surface area contributed by atoms with Crippen molar-refractivity contribution in [1.29, 1.82) is 0 Å². The Labute approximate surface area is 112 Å². The summed E-state index contributed by atoms with van der Waals surface area (Å²) in [5.41, 5.74) is 9.14. The van der Waals surface area contributed by atoms with Crippen LogP contribution in [-0.2, 0) is 9.68 Å². The van der Waals surface area contributed by atoms with Crippen LogP contribution in [0.2, 0.25) is 0 Å². The van der Waals surface area contributed by atoms with Crippen molar-refractivity contribution >= 4 is 12.2 Å². The summed E-state index contributed by atoms with van der Waals surface area (Å²) in [5, 5.41) is 1.84. The topological polar surface area (TPSA) is 113 Å². The van der Waals surface area contributed by atoms with Crippen LogP contribution in [0, 0.1) is 0 Å². The molecule has 9 nitrogen and oxygen atoms in total. The predicted octanol–water partition coefficient (Wildman–Crippen LogP) is 0.465. The molecule has 0 aromatic rings. The standard InChI is InChI=1S/C10H23N5O4/c1-9(2,3)12-14-15-19-8(17)11-7(16)18-13-10(4,5)6/h12-15H,1-6H3,(H,11,16,17). The van der Waals surface area contributed by atoms with Gasteiger partial charge in [-0.25, -0.2) is 20.3 Å². The van der Waals surface area contributed by atoms with Gasteiger partial charge in [-0.3, -0.25) is 0 Å². The summed E-state index contributed by atoms with van der Waals surface area (Å²) in [6.45, 7) is 11.1. The molecule has 112 valence electrons. The minimum atomic E-state index is -1.01. The Hall–Kier alpha value is -1.42. The van der Waals surface area contributed by atoms with Gasteiger partial charge in [0.2, 0.25) is 0 Å². The van der Waals surface area contributed by atoms with Crippen LogP contribution >= 0.6 is 0 Å². The summed E-state index contributed by atoms with van der Waals surface area (Å²) in [4.78, 5) is 31.3. The quantitative estimate of drug-likeness (QED) is 0.372. The van der Waals surface area contributed by atoms with Gasteiger partial charge >= 0.3 is 12.2 Å². The third kappa shape index (κ3) is 12.8. The second-order valence-corrected chi connectivity index (χ2v) is 5.86. The molecule has 0 rings (SSSR count). The SMILES string of the molecule is CC(C)(C)NNNOC(=O)NC(=O)ONC(C)(C)C. The van der Waals surface area contributed by atoms with Crippen LogP contribution < -0.4 is 27.3 Å². The Morgan fingerprint density at radius 2 is 1.37 bits per heavy atom. The van der Waals surface area contributed by atoms with Gasteiger partial charge < -0.3 is 9.68 Å². The van der Waals surface area contributed by atoms with Crippen LogP contribution in [0.3, 0.4) is 0 Å². The average Bonchev–Trinajstić information content (AvgIpc) is 2.19. The van der Waals surface area contributed by atoms with Crippen molar-refractivity contribution in [3.63, 3.8) is 0 Å². The highest BCUT2D eigenvalue weighted by atomic mass is 16.7. The average molecular weight is 277 g/mol. The summed E-state index contributed by atoms with van der Waals surface area (Å²) in [5.74, 6) is 0. The van der Waals surface area contributed by atoms with Gasteiger partial charge in [-0.1, -0.05) is 5.59 Å². The zero-order chi connectivity index (χ0) is 15.1. The highest BCUT2D eigenvalue weighted by Gasteiger charge is 2.15. The molecule has 5 N–H and O–H groups in total. The molecule has 19 heavy (non-hydrogen) atoms. The van der Waals surface area contributed by atoms with Crippen molar-refractivity contribution < 1.29 is 19.3 Å². The second kappa shape index (κ2) is 7.24. The van der Waals surface area contributed by atoms with E-state index in [9.17, 15) is 9.59 Å². The van der Waals surface area contributed by atoms with E-state index in [4.69, 9.17) is 0 Å². The van der Waals surface area contributed by atoms with E-state index in [2.05, 4.69) is 31.7 Å². The molecule has 0 aliphatic carbocycles. The van der Waals surface area contributed by atoms with Gasteiger partial charge in [0.05, 0.1) is 0 Å². The summed E-state index contributed by atoms with van der Waals surface area (Å²) in [6.07, 6.45) is -1.98. The molecule has 0 aromatic heterocycles. The minimum Gasteiger partial charge on any atom is -0.353 e. The number of imide groups is 1. The van der Waals surface area contributed by atoms with E-state index in [1.807, 2.05) is 26.1 Å². The normalized spacial score (nSPS) is 11.9. The maximum atomic E-state index is 11.1. The number of hydrogen-bond acceptors (Lipinski definition) is 8. The lowest BCUT2D eigenvalue weighted by molar-refractivity contribution is 0.0293. The molecule has 0 saturated heterocycles. The van der Waals surface area contributed by atoms with E-state index in [0.717, 1.165) is 0 Å². The molecular weight excluding hydrogens is 254 g/mol. The van der Waals surface area contributed by atoms with E-state index < -0.39 is 17.7 Å². The summed E-state index contributed by atoms with van der Waals surface area (Å²) >= 11 is 0. The van der Waals surface area contributed by atoms with E-state index in [-0.39, 0.29) is 5.54 Å². The molecule has 9 heteroatoms. The van der Waals surface area contributed by atoms with Gasteiger partial charge in [-0.15, -0.1) is 5.48 Å². The van der Waals surface area contributed by atoms with Crippen molar-refractivity contribution in [1.82, 2.24) is 27.3 Å². The molecule has 0 radical (unpaired) electrons. The largest absolute Gasteiger partial charge is 0.436 e. The third-order valence-corrected chi connectivity index (χ3v) is 1.29. The monoisotopic (exact) mass is 277 g/mol. The zero-order valence-electron chi connectivity index (χ0n) is 12.1. The van der Waals surface area contributed by atoms with Crippen LogP contribution in [0.5, 0.6) is 0 Å². The first-order valence-electron chi connectivity index (χ1n) is 5.72. The van der Waals surface area contributed by atoms with Crippen LogP contribution in [0.1, 0.15) is 41.5 Å². The van der Waals surface area contributed by atoms with Crippen LogP contribution in [0.4, 0.5) is 9.59 Å². The molecule has 0 bridgehead atoms. The van der Waals surface area contributed by atoms with E-state index in [1.165, 1.54) is 0 Å². The summed E-state index contributed by atoms with van der Waals surface area (Å²) in [6, 6.07) is 0. The van der Waals surface area contributed by atoms with Gasteiger partial charge in [-0.2, -0.15) is 5.53 Å². The van der Waals surface area contributed by atoms with E-state index >= 15 is 0 Å². The molecule has 0 aromatic carbocycles. The number of carbonyl (C=O) groups excluding carboxylic acids is 2. The molecule has 0 aliphatic heterocycles. The Bertz CT molecular complexity index is 308. The Morgan fingerprint density at radius 1 is 0.842 bits per heavy atom. The molecule has 0 saturated carbocycles. The molecule has 0 spiro atoms. The number of hydrazine groups is 2. The van der Waals surface area contributed by atoms with Gasteiger partial charge in [0.25, 0.3) is 0 Å². The van der Waals surface area contributed by atoms with Crippen molar-refractivity contribution in [2.45, 2.75) is 52.6 Å². The molecule has 0 heterocycles. The number of rotatable bonds is 4.